The van der Waals surface area contributed by atoms with Crippen LogP contribution in [0.25, 0.3) is 0 Å². The molecule has 146 valence electrons. The van der Waals surface area contributed by atoms with Gasteiger partial charge in [-0.3, -0.25) is 14.6 Å². The van der Waals surface area contributed by atoms with Gasteiger partial charge in [0.05, 0.1) is 13.7 Å². The number of aliphatic imine (C=N–C) groups is 1. The number of rotatable bonds is 6. The summed E-state index contributed by atoms with van der Waals surface area (Å²) in [6, 6.07) is 12.3. The number of anilines is 1. The van der Waals surface area contributed by atoms with Crippen molar-refractivity contribution in [2.24, 2.45) is 4.99 Å². The maximum atomic E-state index is 12.3. The molecule has 2 aromatic carbocycles. The van der Waals surface area contributed by atoms with E-state index in [1.54, 1.807) is 25.3 Å². The van der Waals surface area contributed by atoms with Crippen molar-refractivity contribution in [3.8, 4) is 5.75 Å². The smallest absolute Gasteiger partial charge is 0.240 e. The molecule has 2 aromatic rings. The number of carbonyl (C=O) groups excluding carboxylic acids is 2. The van der Waals surface area contributed by atoms with Crippen molar-refractivity contribution >= 4 is 57.6 Å². The van der Waals surface area contributed by atoms with Crippen molar-refractivity contribution in [3.63, 3.8) is 0 Å². The number of hydrogen-bond acceptors (Lipinski definition) is 5. The first-order valence-corrected chi connectivity index (χ1v) is 9.98. The van der Waals surface area contributed by atoms with Crippen LogP contribution in [0.15, 0.2) is 47.5 Å². The van der Waals surface area contributed by atoms with Gasteiger partial charge in [-0.05, 0) is 24.3 Å². The Labute approximate surface area is 176 Å². The van der Waals surface area contributed by atoms with Gasteiger partial charge in [-0.1, -0.05) is 53.2 Å². The lowest BCUT2D eigenvalue weighted by Crippen LogP contribution is -2.28. The molecular weight excluding hydrogens is 421 g/mol. The summed E-state index contributed by atoms with van der Waals surface area (Å²) in [5.74, 6) is 0.178. The summed E-state index contributed by atoms with van der Waals surface area (Å²) in [6.07, 6.45) is 0.00824. The molecule has 28 heavy (non-hydrogen) atoms. The number of amidine groups is 1. The van der Waals surface area contributed by atoms with E-state index in [9.17, 15) is 9.59 Å². The molecule has 0 radical (unpaired) electrons. The average Bonchev–Trinajstić information content (AvgIpc) is 2.98. The van der Waals surface area contributed by atoms with E-state index in [0.29, 0.717) is 27.4 Å². The Bertz CT molecular complexity index is 916. The molecule has 0 aliphatic carbocycles. The summed E-state index contributed by atoms with van der Waals surface area (Å²) in [6.45, 7) is 0.368. The molecular formula is C19H17Cl2N3O3S. The van der Waals surface area contributed by atoms with Crippen LogP contribution >= 0.6 is 35.0 Å². The molecule has 1 atom stereocenters. The van der Waals surface area contributed by atoms with Gasteiger partial charge in [0.25, 0.3) is 0 Å². The largest absolute Gasteiger partial charge is 0.496 e. The van der Waals surface area contributed by atoms with Crippen molar-refractivity contribution in [1.29, 1.82) is 0 Å². The number of para-hydroxylation sites is 1. The van der Waals surface area contributed by atoms with Gasteiger partial charge >= 0.3 is 0 Å². The van der Waals surface area contributed by atoms with E-state index in [0.717, 1.165) is 11.3 Å². The second kappa shape index (κ2) is 9.32. The number of benzene rings is 2. The molecule has 2 amide bonds. The molecule has 3 rings (SSSR count). The Kier molecular flexibility index (Phi) is 6.83. The maximum Gasteiger partial charge on any atom is 0.240 e. The van der Waals surface area contributed by atoms with Gasteiger partial charge in [-0.2, -0.15) is 0 Å². The van der Waals surface area contributed by atoms with Crippen LogP contribution in [-0.2, 0) is 16.1 Å². The van der Waals surface area contributed by atoms with Gasteiger partial charge < -0.3 is 15.4 Å². The minimum atomic E-state index is -0.550. The third-order valence-corrected chi connectivity index (χ3v) is 5.44. The molecule has 0 bridgehead atoms. The zero-order chi connectivity index (χ0) is 20.1. The van der Waals surface area contributed by atoms with Gasteiger partial charge in [0, 0.05) is 27.7 Å². The number of hydrogen-bond donors (Lipinski definition) is 2. The number of thioether (sulfide) groups is 1. The molecule has 1 fully saturated rings. The summed E-state index contributed by atoms with van der Waals surface area (Å²) >= 11 is 13.1. The van der Waals surface area contributed by atoms with Crippen LogP contribution in [0.2, 0.25) is 10.0 Å². The number of nitrogens with zero attached hydrogens (tertiary/aromatic N) is 1. The van der Waals surface area contributed by atoms with Crippen LogP contribution in [0.4, 0.5) is 5.69 Å². The Morgan fingerprint density at radius 1 is 1.25 bits per heavy atom. The molecule has 0 saturated carbocycles. The third-order valence-electron chi connectivity index (χ3n) is 3.88. The van der Waals surface area contributed by atoms with Crippen LogP contribution in [0.3, 0.4) is 0 Å². The minimum Gasteiger partial charge on any atom is -0.496 e. The first-order valence-electron chi connectivity index (χ1n) is 8.34. The highest BCUT2D eigenvalue weighted by atomic mass is 35.5. The zero-order valence-corrected chi connectivity index (χ0v) is 17.2. The molecule has 1 heterocycles. The number of halogens is 2. The lowest BCUT2D eigenvalue weighted by Gasteiger charge is -2.08. The lowest BCUT2D eigenvalue weighted by molar-refractivity contribution is -0.122. The van der Waals surface area contributed by atoms with Crippen molar-refractivity contribution < 1.29 is 14.3 Å². The van der Waals surface area contributed by atoms with Crippen molar-refractivity contribution in [2.45, 2.75) is 18.2 Å². The lowest BCUT2D eigenvalue weighted by atomic mass is 10.2. The Morgan fingerprint density at radius 2 is 1.96 bits per heavy atom. The van der Waals surface area contributed by atoms with Crippen molar-refractivity contribution in [2.75, 3.05) is 12.4 Å². The van der Waals surface area contributed by atoms with Gasteiger partial charge in [-0.15, -0.1) is 0 Å². The monoisotopic (exact) mass is 437 g/mol. The van der Waals surface area contributed by atoms with E-state index < -0.39 is 5.25 Å². The first-order chi connectivity index (χ1) is 13.4. The number of ether oxygens (including phenoxy) is 1. The van der Waals surface area contributed by atoms with Gasteiger partial charge in [0.1, 0.15) is 11.0 Å². The van der Waals surface area contributed by atoms with E-state index in [2.05, 4.69) is 15.6 Å². The second-order valence-corrected chi connectivity index (χ2v) is 8.00. The maximum absolute atomic E-state index is 12.3. The van der Waals surface area contributed by atoms with E-state index in [4.69, 9.17) is 27.9 Å². The van der Waals surface area contributed by atoms with Crippen molar-refractivity contribution in [1.82, 2.24) is 5.32 Å². The van der Waals surface area contributed by atoms with Crippen LogP contribution in [-0.4, -0.2) is 29.3 Å². The predicted octanol–water partition coefficient (Wildman–Crippen LogP) is 4.12. The summed E-state index contributed by atoms with van der Waals surface area (Å²) in [5, 5.41) is 6.18. The SMILES string of the molecule is COc1ccccc1CN=C1NC(=O)C(CC(=O)Nc2cc(Cl)cc(Cl)c2)S1. The van der Waals surface area contributed by atoms with Gasteiger partial charge in [-0.25, -0.2) is 0 Å². The molecule has 1 aliphatic rings. The molecule has 1 unspecified atom stereocenters. The highest BCUT2D eigenvalue weighted by Gasteiger charge is 2.32. The Hall–Kier alpha value is -2.22. The molecule has 2 N–H and O–H groups in total. The highest BCUT2D eigenvalue weighted by Crippen LogP contribution is 2.26. The number of nitrogens with one attached hydrogen (secondary N) is 2. The van der Waals surface area contributed by atoms with E-state index in [1.807, 2.05) is 24.3 Å². The number of amides is 2. The molecule has 1 saturated heterocycles. The molecule has 1 aliphatic heterocycles. The quantitative estimate of drug-likeness (QED) is 0.711. The molecule has 0 aromatic heterocycles. The fraction of sp³-hybridized carbons (Fsp3) is 0.211. The van der Waals surface area contributed by atoms with E-state index >= 15 is 0 Å². The third kappa shape index (κ3) is 5.41. The first kappa shape index (κ1) is 20.5. The Morgan fingerprint density at radius 3 is 2.68 bits per heavy atom. The van der Waals surface area contributed by atoms with Crippen LogP contribution < -0.4 is 15.4 Å². The zero-order valence-electron chi connectivity index (χ0n) is 14.9. The summed E-state index contributed by atoms with van der Waals surface area (Å²) in [7, 11) is 1.60. The highest BCUT2D eigenvalue weighted by molar-refractivity contribution is 8.15. The predicted molar refractivity (Wildman–Crippen MR) is 113 cm³/mol. The van der Waals surface area contributed by atoms with E-state index in [1.165, 1.54) is 11.8 Å². The molecule has 6 nitrogen and oxygen atoms in total. The summed E-state index contributed by atoms with van der Waals surface area (Å²) < 4.78 is 5.29. The molecule has 9 heteroatoms. The Balaban J connectivity index is 1.58. The fourth-order valence-electron chi connectivity index (χ4n) is 2.61. The summed E-state index contributed by atoms with van der Waals surface area (Å²) in [5.41, 5.74) is 1.39. The van der Waals surface area contributed by atoms with Gasteiger partial charge in [0.15, 0.2) is 5.17 Å². The minimum absolute atomic E-state index is 0.00824. The van der Waals surface area contributed by atoms with E-state index in [-0.39, 0.29) is 18.2 Å². The molecule has 0 spiro atoms. The number of carbonyl (C=O) groups is 2. The normalized spacial score (nSPS) is 17.5. The van der Waals surface area contributed by atoms with Gasteiger partial charge in [0.2, 0.25) is 11.8 Å². The van der Waals surface area contributed by atoms with Crippen LogP contribution in [0.5, 0.6) is 5.75 Å². The van der Waals surface area contributed by atoms with Crippen LogP contribution in [0, 0.1) is 0 Å². The summed E-state index contributed by atoms with van der Waals surface area (Å²) in [4.78, 5) is 28.8. The average molecular weight is 438 g/mol. The second-order valence-electron chi connectivity index (χ2n) is 5.94. The number of methoxy groups -OCH3 is 1. The van der Waals surface area contributed by atoms with Crippen molar-refractivity contribution in [3.05, 3.63) is 58.1 Å². The van der Waals surface area contributed by atoms with Crippen LogP contribution in [0.1, 0.15) is 12.0 Å². The fourth-order valence-corrected chi connectivity index (χ4v) is 4.11. The standard InChI is InChI=1S/C19H17Cl2N3O3S/c1-27-15-5-3-2-4-11(15)10-22-19-24-18(26)16(28-19)9-17(25)23-14-7-12(20)6-13(21)8-14/h2-8,16H,9-10H2,1H3,(H,23,25)(H,22,24,26). The topological polar surface area (TPSA) is 79.8 Å².